The molecular weight excluding hydrogens is 300 g/mol. The lowest BCUT2D eigenvalue weighted by atomic mass is 9.97. The highest BCUT2D eigenvalue weighted by atomic mass is 32.2. The molecule has 7 heteroatoms. The maximum absolute atomic E-state index is 13.8. The second kappa shape index (κ2) is 6.81. The lowest BCUT2D eigenvalue weighted by molar-refractivity contribution is 0.240. The first-order chi connectivity index (χ1) is 9.59. The highest BCUT2D eigenvalue weighted by Crippen LogP contribution is 2.25. The number of aliphatic hydroxyl groups is 1. The van der Waals surface area contributed by atoms with Crippen molar-refractivity contribution < 1.29 is 22.3 Å². The Morgan fingerprint density at radius 1 is 1.24 bits per heavy atom. The van der Waals surface area contributed by atoms with Gasteiger partial charge in [0.2, 0.25) is 10.0 Å². The van der Waals surface area contributed by atoms with Gasteiger partial charge in [0.15, 0.2) is 11.6 Å². The zero-order valence-corrected chi connectivity index (χ0v) is 13.3. The SMILES string of the molecule is CC(C)(C)CN(CCCO)S(=O)(=O)c1cccc(F)c1F. The van der Waals surface area contributed by atoms with Crippen LogP contribution in [0.1, 0.15) is 27.2 Å². The number of hydrogen-bond donors (Lipinski definition) is 1. The monoisotopic (exact) mass is 321 g/mol. The molecule has 1 aromatic rings. The van der Waals surface area contributed by atoms with Gasteiger partial charge >= 0.3 is 0 Å². The summed E-state index contributed by atoms with van der Waals surface area (Å²) >= 11 is 0. The van der Waals surface area contributed by atoms with Crippen LogP contribution < -0.4 is 0 Å². The van der Waals surface area contributed by atoms with Crippen LogP contribution in [0.15, 0.2) is 23.1 Å². The van der Waals surface area contributed by atoms with Gasteiger partial charge in [-0.25, -0.2) is 17.2 Å². The van der Waals surface area contributed by atoms with E-state index in [1.807, 2.05) is 20.8 Å². The summed E-state index contributed by atoms with van der Waals surface area (Å²) in [4.78, 5) is -0.676. The molecule has 0 radical (unpaired) electrons. The van der Waals surface area contributed by atoms with Gasteiger partial charge in [-0.1, -0.05) is 26.8 Å². The molecule has 1 aromatic carbocycles. The molecule has 0 amide bonds. The molecule has 0 unspecified atom stereocenters. The third-order valence-electron chi connectivity index (χ3n) is 2.75. The van der Waals surface area contributed by atoms with Crippen LogP contribution in [-0.2, 0) is 10.0 Å². The average molecular weight is 321 g/mol. The molecule has 1 rings (SSSR count). The van der Waals surface area contributed by atoms with Crippen molar-refractivity contribution >= 4 is 10.0 Å². The van der Waals surface area contributed by atoms with E-state index in [1.165, 1.54) is 0 Å². The molecule has 0 aromatic heterocycles. The van der Waals surface area contributed by atoms with Crippen molar-refractivity contribution in [2.75, 3.05) is 19.7 Å². The Morgan fingerprint density at radius 2 is 1.86 bits per heavy atom. The van der Waals surface area contributed by atoms with Crippen molar-refractivity contribution in [1.29, 1.82) is 0 Å². The summed E-state index contributed by atoms with van der Waals surface area (Å²) in [7, 11) is -4.15. The minimum absolute atomic E-state index is 0.0477. The highest BCUT2D eigenvalue weighted by Gasteiger charge is 2.31. The number of nitrogens with zero attached hydrogens (tertiary/aromatic N) is 1. The van der Waals surface area contributed by atoms with Gasteiger partial charge in [-0.05, 0) is 24.0 Å². The highest BCUT2D eigenvalue weighted by molar-refractivity contribution is 7.89. The minimum Gasteiger partial charge on any atom is -0.396 e. The molecule has 0 saturated carbocycles. The summed E-state index contributed by atoms with van der Waals surface area (Å²) in [6.07, 6.45) is 0.228. The van der Waals surface area contributed by atoms with E-state index in [2.05, 4.69) is 0 Å². The lowest BCUT2D eigenvalue weighted by Gasteiger charge is -2.29. The van der Waals surface area contributed by atoms with Crippen LogP contribution in [-0.4, -0.2) is 37.5 Å². The molecule has 0 atom stereocenters. The fourth-order valence-electron chi connectivity index (χ4n) is 1.88. The van der Waals surface area contributed by atoms with Crippen LogP contribution in [0, 0.1) is 17.0 Å². The quantitative estimate of drug-likeness (QED) is 0.875. The van der Waals surface area contributed by atoms with Gasteiger partial charge in [-0.15, -0.1) is 0 Å². The predicted molar refractivity (Wildman–Crippen MR) is 76.3 cm³/mol. The first-order valence-electron chi connectivity index (χ1n) is 6.64. The van der Waals surface area contributed by atoms with E-state index in [0.717, 1.165) is 22.5 Å². The Kier molecular flexibility index (Phi) is 5.83. The Labute approximate surface area is 124 Å². The zero-order valence-electron chi connectivity index (χ0n) is 12.4. The fourth-order valence-corrected chi connectivity index (χ4v) is 3.66. The molecule has 0 aliphatic rings. The third kappa shape index (κ3) is 4.72. The van der Waals surface area contributed by atoms with Gasteiger partial charge < -0.3 is 5.11 Å². The third-order valence-corrected chi connectivity index (χ3v) is 4.61. The van der Waals surface area contributed by atoms with Crippen molar-refractivity contribution in [2.45, 2.75) is 32.1 Å². The van der Waals surface area contributed by atoms with Gasteiger partial charge in [0.25, 0.3) is 0 Å². The largest absolute Gasteiger partial charge is 0.396 e. The van der Waals surface area contributed by atoms with Crippen LogP contribution in [0.5, 0.6) is 0 Å². The Morgan fingerprint density at radius 3 is 2.38 bits per heavy atom. The molecule has 120 valence electrons. The van der Waals surface area contributed by atoms with Crippen molar-refractivity contribution in [3.8, 4) is 0 Å². The van der Waals surface area contributed by atoms with Gasteiger partial charge in [0.1, 0.15) is 4.90 Å². The van der Waals surface area contributed by atoms with Crippen LogP contribution >= 0.6 is 0 Å². The van der Waals surface area contributed by atoms with Gasteiger partial charge in [-0.3, -0.25) is 0 Å². The first kappa shape index (κ1) is 18.0. The lowest BCUT2D eigenvalue weighted by Crippen LogP contribution is -2.39. The summed E-state index contributed by atoms with van der Waals surface area (Å²) in [6, 6.07) is 3.07. The second-order valence-electron chi connectivity index (χ2n) is 6.03. The average Bonchev–Trinajstić information content (AvgIpc) is 2.36. The number of aliphatic hydroxyl groups excluding tert-OH is 1. The Hall–Kier alpha value is -1.05. The minimum atomic E-state index is -4.15. The van der Waals surface area contributed by atoms with Crippen LogP contribution in [0.3, 0.4) is 0 Å². The molecule has 0 spiro atoms. The number of rotatable bonds is 6. The summed E-state index contributed by atoms with van der Waals surface area (Å²) in [6.45, 7) is 5.54. The Bertz CT molecular complexity index is 582. The topological polar surface area (TPSA) is 57.6 Å². The van der Waals surface area contributed by atoms with E-state index in [1.54, 1.807) is 0 Å². The van der Waals surface area contributed by atoms with Gasteiger partial charge in [0, 0.05) is 19.7 Å². The molecule has 0 heterocycles. The predicted octanol–water partition coefficient (Wildman–Crippen LogP) is 2.38. The van der Waals surface area contributed by atoms with E-state index in [-0.39, 0.29) is 31.5 Å². The zero-order chi connectivity index (χ0) is 16.3. The van der Waals surface area contributed by atoms with E-state index < -0.39 is 26.6 Å². The fraction of sp³-hybridized carbons (Fsp3) is 0.571. The summed E-state index contributed by atoms with van der Waals surface area (Å²) in [5, 5.41) is 8.89. The van der Waals surface area contributed by atoms with Gasteiger partial charge in [0.05, 0.1) is 0 Å². The molecule has 0 bridgehead atoms. The number of halogens is 2. The normalized spacial score (nSPS) is 12.9. The van der Waals surface area contributed by atoms with Crippen molar-refractivity contribution in [1.82, 2.24) is 4.31 Å². The molecule has 0 aliphatic carbocycles. The van der Waals surface area contributed by atoms with Gasteiger partial charge in [-0.2, -0.15) is 4.31 Å². The molecule has 4 nitrogen and oxygen atoms in total. The van der Waals surface area contributed by atoms with Crippen LogP contribution in [0.4, 0.5) is 8.78 Å². The first-order valence-corrected chi connectivity index (χ1v) is 8.08. The van der Waals surface area contributed by atoms with E-state index in [4.69, 9.17) is 5.11 Å². The standard InChI is InChI=1S/C14H21F2NO3S/c1-14(2,3)10-17(8-5-9-18)21(19,20)12-7-4-6-11(15)13(12)16/h4,6-7,18H,5,8-10H2,1-3H3. The summed E-state index contributed by atoms with van der Waals surface area (Å²) in [5.74, 6) is -2.57. The molecule has 0 saturated heterocycles. The van der Waals surface area contributed by atoms with E-state index >= 15 is 0 Å². The smallest absolute Gasteiger partial charge is 0.246 e. The maximum Gasteiger partial charge on any atom is 0.246 e. The molecule has 0 aliphatic heterocycles. The summed E-state index contributed by atoms with van der Waals surface area (Å²) < 4.78 is 53.2. The number of benzene rings is 1. The van der Waals surface area contributed by atoms with Crippen LogP contribution in [0.2, 0.25) is 0 Å². The van der Waals surface area contributed by atoms with E-state index in [9.17, 15) is 17.2 Å². The van der Waals surface area contributed by atoms with Crippen molar-refractivity contribution in [3.05, 3.63) is 29.8 Å². The van der Waals surface area contributed by atoms with E-state index in [0.29, 0.717) is 0 Å². The Balaban J connectivity index is 3.23. The molecular formula is C14H21F2NO3S. The maximum atomic E-state index is 13.8. The molecule has 1 N–H and O–H groups in total. The van der Waals surface area contributed by atoms with Crippen molar-refractivity contribution in [3.63, 3.8) is 0 Å². The summed E-state index contributed by atoms with van der Waals surface area (Å²) in [5.41, 5.74) is -0.355. The number of sulfonamides is 1. The molecule has 21 heavy (non-hydrogen) atoms. The van der Waals surface area contributed by atoms with Crippen LogP contribution in [0.25, 0.3) is 0 Å². The molecule has 0 fully saturated rings. The number of hydrogen-bond acceptors (Lipinski definition) is 3. The van der Waals surface area contributed by atoms with Crippen molar-refractivity contribution in [2.24, 2.45) is 5.41 Å². The second-order valence-corrected chi connectivity index (χ2v) is 7.93.